The van der Waals surface area contributed by atoms with Gasteiger partial charge in [-0.05, 0) is 23.8 Å². The summed E-state index contributed by atoms with van der Waals surface area (Å²) in [5.41, 5.74) is 0.559. The van der Waals surface area contributed by atoms with Crippen LogP contribution in [0.2, 0.25) is 5.02 Å². The zero-order valence-corrected chi connectivity index (χ0v) is 14.7. The molecule has 0 unspecified atom stereocenters. The van der Waals surface area contributed by atoms with E-state index < -0.39 is 16.6 Å². The molecule has 2 aromatic rings. The predicted octanol–water partition coefficient (Wildman–Crippen LogP) is 4.27. The summed E-state index contributed by atoms with van der Waals surface area (Å²) in [5.74, 6) is -0.461. The average Bonchev–Trinajstić information content (AvgIpc) is 2.58. The highest BCUT2D eigenvalue weighted by Crippen LogP contribution is 2.29. The molecule has 0 radical (unpaired) electrons. The van der Waals surface area contributed by atoms with Gasteiger partial charge in [0, 0.05) is 11.8 Å². The van der Waals surface area contributed by atoms with Gasteiger partial charge in [0.15, 0.2) is 11.6 Å². The van der Waals surface area contributed by atoms with Crippen LogP contribution in [0.4, 0.5) is 15.8 Å². The molecule has 9 heteroatoms. The fraction of sp³-hybridized carbons (Fsp3) is 0.188. The van der Waals surface area contributed by atoms with Crippen LogP contribution >= 0.6 is 23.4 Å². The first-order valence-electron chi connectivity index (χ1n) is 7.05. The van der Waals surface area contributed by atoms with Crippen molar-refractivity contribution in [3.63, 3.8) is 0 Å². The van der Waals surface area contributed by atoms with Crippen LogP contribution in [0.5, 0.6) is 5.75 Å². The lowest BCUT2D eigenvalue weighted by Gasteiger charge is -2.08. The van der Waals surface area contributed by atoms with Crippen LogP contribution in [0.15, 0.2) is 36.4 Å². The third-order valence-corrected chi connectivity index (χ3v) is 4.46. The van der Waals surface area contributed by atoms with Crippen molar-refractivity contribution in [1.29, 1.82) is 0 Å². The summed E-state index contributed by atoms with van der Waals surface area (Å²) >= 11 is 6.90. The monoisotopic (exact) mass is 384 g/mol. The summed E-state index contributed by atoms with van der Waals surface area (Å²) in [4.78, 5) is 22.3. The van der Waals surface area contributed by atoms with Crippen LogP contribution in [0.3, 0.4) is 0 Å². The Kier molecular flexibility index (Phi) is 6.60. The van der Waals surface area contributed by atoms with E-state index in [1.165, 1.54) is 49.2 Å². The standard InChI is InChI=1S/C16H14ClFN2O4S/c1-24-14-6-5-10(7-13(14)20(22)23)8-25-9-15(21)19-12-4-2-3-11(17)16(12)18/h2-7H,8-9H2,1H3,(H,19,21). The Hall–Kier alpha value is -2.32. The van der Waals surface area contributed by atoms with Gasteiger partial charge in [-0.2, -0.15) is 0 Å². The summed E-state index contributed by atoms with van der Waals surface area (Å²) in [5, 5.41) is 13.4. The van der Waals surface area contributed by atoms with Gasteiger partial charge in [0.05, 0.1) is 28.5 Å². The van der Waals surface area contributed by atoms with E-state index >= 15 is 0 Å². The molecule has 1 N–H and O–H groups in total. The van der Waals surface area contributed by atoms with Crippen molar-refractivity contribution in [2.24, 2.45) is 0 Å². The Morgan fingerprint density at radius 3 is 2.84 bits per heavy atom. The van der Waals surface area contributed by atoms with Gasteiger partial charge in [0.2, 0.25) is 5.91 Å². The molecule has 0 aromatic heterocycles. The van der Waals surface area contributed by atoms with Crippen molar-refractivity contribution in [2.45, 2.75) is 5.75 Å². The van der Waals surface area contributed by atoms with E-state index in [0.29, 0.717) is 11.3 Å². The molecule has 0 heterocycles. The first-order chi connectivity index (χ1) is 11.9. The van der Waals surface area contributed by atoms with E-state index in [4.69, 9.17) is 16.3 Å². The summed E-state index contributed by atoms with van der Waals surface area (Å²) in [6.45, 7) is 0. The van der Waals surface area contributed by atoms with Gasteiger partial charge in [0.25, 0.3) is 0 Å². The number of carbonyl (C=O) groups excluding carboxylic acids is 1. The largest absolute Gasteiger partial charge is 0.490 e. The van der Waals surface area contributed by atoms with E-state index in [1.54, 1.807) is 6.07 Å². The molecule has 2 rings (SSSR count). The van der Waals surface area contributed by atoms with Gasteiger partial charge in [-0.1, -0.05) is 23.7 Å². The van der Waals surface area contributed by atoms with Gasteiger partial charge >= 0.3 is 5.69 Å². The number of nitro groups is 1. The van der Waals surface area contributed by atoms with E-state index in [2.05, 4.69) is 5.32 Å². The number of ether oxygens (including phenoxy) is 1. The predicted molar refractivity (Wildman–Crippen MR) is 95.9 cm³/mol. The third-order valence-electron chi connectivity index (χ3n) is 3.17. The number of methoxy groups -OCH3 is 1. The number of rotatable bonds is 7. The van der Waals surface area contributed by atoms with Crippen molar-refractivity contribution < 1.29 is 18.8 Å². The maximum atomic E-state index is 13.7. The Balaban J connectivity index is 1.92. The molecular formula is C16H14ClFN2O4S. The molecule has 0 bridgehead atoms. The van der Waals surface area contributed by atoms with Crippen molar-refractivity contribution >= 4 is 40.6 Å². The van der Waals surface area contributed by atoms with E-state index in [0.717, 1.165) is 0 Å². The third kappa shape index (κ3) is 5.07. The lowest BCUT2D eigenvalue weighted by molar-refractivity contribution is -0.385. The summed E-state index contributed by atoms with van der Waals surface area (Å²) in [6.07, 6.45) is 0. The fourth-order valence-corrected chi connectivity index (χ4v) is 2.97. The Morgan fingerprint density at radius 2 is 2.16 bits per heavy atom. The Labute approximate surface area is 152 Å². The summed E-state index contributed by atoms with van der Waals surface area (Å²) in [7, 11) is 1.36. The number of benzene rings is 2. The minimum absolute atomic E-state index is 0.0122. The van der Waals surface area contributed by atoms with Crippen LogP contribution in [-0.2, 0) is 10.5 Å². The number of anilines is 1. The topological polar surface area (TPSA) is 81.5 Å². The quantitative estimate of drug-likeness (QED) is 0.569. The van der Waals surface area contributed by atoms with Crippen LogP contribution in [-0.4, -0.2) is 23.7 Å². The molecular weight excluding hydrogens is 371 g/mol. The maximum Gasteiger partial charge on any atom is 0.311 e. The second kappa shape index (κ2) is 8.68. The van der Waals surface area contributed by atoms with Gasteiger partial charge in [-0.3, -0.25) is 14.9 Å². The first-order valence-corrected chi connectivity index (χ1v) is 8.58. The van der Waals surface area contributed by atoms with Crippen LogP contribution in [0.1, 0.15) is 5.56 Å². The van der Waals surface area contributed by atoms with Crippen LogP contribution in [0.25, 0.3) is 0 Å². The number of nitrogens with zero attached hydrogens (tertiary/aromatic N) is 1. The van der Waals surface area contributed by atoms with E-state index in [9.17, 15) is 19.3 Å². The number of thioether (sulfide) groups is 1. The molecule has 1 amide bonds. The van der Waals surface area contributed by atoms with Gasteiger partial charge in [0.1, 0.15) is 0 Å². The van der Waals surface area contributed by atoms with Crippen LogP contribution < -0.4 is 10.1 Å². The van der Waals surface area contributed by atoms with Crippen LogP contribution in [0, 0.1) is 15.9 Å². The second-order valence-corrected chi connectivity index (χ2v) is 6.30. The number of amides is 1. The molecule has 0 atom stereocenters. The van der Waals surface area contributed by atoms with Crippen molar-refractivity contribution in [3.8, 4) is 5.75 Å². The zero-order chi connectivity index (χ0) is 18.4. The molecule has 0 aliphatic heterocycles. The lowest BCUT2D eigenvalue weighted by Crippen LogP contribution is -2.15. The van der Waals surface area contributed by atoms with Crippen molar-refractivity contribution in [3.05, 3.63) is 62.9 Å². The molecule has 0 saturated carbocycles. The second-order valence-electron chi connectivity index (χ2n) is 4.91. The van der Waals surface area contributed by atoms with E-state index in [-0.39, 0.29) is 27.9 Å². The Morgan fingerprint density at radius 1 is 1.40 bits per heavy atom. The normalized spacial score (nSPS) is 10.4. The zero-order valence-electron chi connectivity index (χ0n) is 13.1. The van der Waals surface area contributed by atoms with Gasteiger partial charge < -0.3 is 10.1 Å². The molecule has 0 saturated heterocycles. The molecule has 25 heavy (non-hydrogen) atoms. The number of carbonyl (C=O) groups is 1. The number of nitro benzene ring substituents is 1. The lowest BCUT2D eigenvalue weighted by atomic mass is 10.2. The summed E-state index contributed by atoms with van der Waals surface area (Å²) in [6, 6.07) is 8.93. The highest BCUT2D eigenvalue weighted by atomic mass is 35.5. The molecule has 0 aliphatic rings. The van der Waals surface area contributed by atoms with E-state index in [1.807, 2.05) is 0 Å². The smallest absolute Gasteiger partial charge is 0.311 e. The minimum atomic E-state index is -0.687. The molecule has 0 aliphatic carbocycles. The molecule has 2 aromatic carbocycles. The van der Waals surface area contributed by atoms with Gasteiger partial charge in [-0.25, -0.2) is 4.39 Å². The molecule has 0 fully saturated rings. The fourth-order valence-electron chi connectivity index (χ4n) is 2.02. The number of halogens is 2. The highest BCUT2D eigenvalue weighted by Gasteiger charge is 2.15. The molecule has 6 nitrogen and oxygen atoms in total. The average molecular weight is 385 g/mol. The Bertz CT molecular complexity index is 804. The van der Waals surface area contributed by atoms with Gasteiger partial charge in [-0.15, -0.1) is 11.8 Å². The first kappa shape index (κ1) is 19.0. The SMILES string of the molecule is COc1ccc(CSCC(=O)Nc2cccc(Cl)c2F)cc1[N+](=O)[O-]. The number of hydrogen-bond donors (Lipinski definition) is 1. The summed E-state index contributed by atoms with van der Waals surface area (Å²) < 4.78 is 18.6. The number of nitrogens with one attached hydrogen (secondary N) is 1. The maximum absolute atomic E-state index is 13.7. The van der Waals surface area contributed by atoms with Crippen molar-refractivity contribution in [1.82, 2.24) is 0 Å². The minimum Gasteiger partial charge on any atom is -0.490 e. The number of hydrogen-bond acceptors (Lipinski definition) is 5. The van der Waals surface area contributed by atoms with Crippen molar-refractivity contribution in [2.75, 3.05) is 18.2 Å². The molecule has 132 valence electrons. The molecule has 0 spiro atoms. The highest BCUT2D eigenvalue weighted by molar-refractivity contribution is 7.99.